The predicted molar refractivity (Wildman–Crippen MR) is 71.6 cm³/mol. The minimum Gasteiger partial charge on any atom is -0.337 e. The Morgan fingerprint density at radius 1 is 1.32 bits per heavy atom. The van der Waals surface area contributed by atoms with Crippen LogP contribution >= 0.6 is 0 Å². The molecule has 2 heterocycles. The molecule has 0 aliphatic rings. The molecule has 0 saturated carbocycles. The third-order valence-electron chi connectivity index (χ3n) is 2.97. The summed E-state index contributed by atoms with van der Waals surface area (Å²) in [4.78, 5) is 4.32. The maximum Gasteiger partial charge on any atom is 0.248 e. The van der Waals surface area contributed by atoms with Crippen molar-refractivity contribution in [3.63, 3.8) is 0 Å². The maximum absolute atomic E-state index is 5.94. The van der Waals surface area contributed by atoms with Crippen molar-refractivity contribution in [2.45, 2.75) is 52.6 Å². The van der Waals surface area contributed by atoms with Gasteiger partial charge in [-0.1, -0.05) is 19.0 Å². The second-order valence-corrected chi connectivity index (χ2v) is 5.23. The van der Waals surface area contributed by atoms with Crippen LogP contribution in [0.15, 0.2) is 10.6 Å². The minimum absolute atomic E-state index is 0.492. The standard InChI is InChI=1S/C13H21N5O/c1-5-9-7-10(6-2)18(16-9)8-11-15-12(17-19-11)13(3,4)14/h7H,5-6,8,14H2,1-4H3. The molecule has 2 rings (SSSR count). The third-order valence-corrected chi connectivity index (χ3v) is 2.97. The van der Waals surface area contributed by atoms with Crippen molar-refractivity contribution in [1.29, 1.82) is 0 Å². The lowest BCUT2D eigenvalue weighted by atomic mass is 10.1. The Hall–Kier alpha value is -1.69. The van der Waals surface area contributed by atoms with Gasteiger partial charge in [0.15, 0.2) is 5.82 Å². The van der Waals surface area contributed by atoms with E-state index in [4.69, 9.17) is 10.3 Å². The normalized spacial score (nSPS) is 12.1. The van der Waals surface area contributed by atoms with Gasteiger partial charge in [0, 0.05) is 5.69 Å². The van der Waals surface area contributed by atoms with Gasteiger partial charge in [-0.3, -0.25) is 4.68 Å². The van der Waals surface area contributed by atoms with Gasteiger partial charge in [0.2, 0.25) is 5.89 Å². The fourth-order valence-electron chi connectivity index (χ4n) is 1.82. The molecule has 6 heteroatoms. The Morgan fingerprint density at radius 2 is 2.05 bits per heavy atom. The Balaban J connectivity index is 2.21. The topological polar surface area (TPSA) is 82.8 Å². The van der Waals surface area contributed by atoms with Crippen LogP contribution in [0.5, 0.6) is 0 Å². The minimum atomic E-state index is -0.589. The average molecular weight is 263 g/mol. The average Bonchev–Trinajstić information content (AvgIpc) is 2.95. The molecule has 0 radical (unpaired) electrons. The largest absolute Gasteiger partial charge is 0.337 e. The van der Waals surface area contributed by atoms with Crippen LogP contribution in [0.1, 0.15) is 50.8 Å². The molecule has 2 aromatic rings. The summed E-state index contributed by atoms with van der Waals surface area (Å²) in [6.45, 7) is 8.39. The number of hydrogen-bond acceptors (Lipinski definition) is 5. The van der Waals surface area contributed by atoms with Crippen LogP contribution < -0.4 is 5.73 Å². The fraction of sp³-hybridized carbons (Fsp3) is 0.615. The Kier molecular flexibility index (Phi) is 3.71. The summed E-state index contributed by atoms with van der Waals surface area (Å²) in [5.41, 5.74) is 7.60. The van der Waals surface area contributed by atoms with Gasteiger partial charge >= 0.3 is 0 Å². The molecule has 0 bridgehead atoms. The van der Waals surface area contributed by atoms with Crippen molar-refractivity contribution in [3.8, 4) is 0 Å². The van der Waals surface area contributed by atoms with Crippen molar-refractivity contribution in [2.24, 2.45) is 5.73 Å². The zero-order valence-corrected chi connectivity index (χ0v) is 12.0. The van der Waals surface area contributed by atoms with E-state index in [0.717, 1.165) is 18.5 Å². The molecule has 104 valence electrons. The summed E-state index contributed by atoms with van der Waals surface area (Å²) in [5.74, 6) is 1.05. The van der Waals surface area contributed by atoms with Crippen LogP contribution in [0.2, 0.25) is 0 Å². The van der Waals surface area contributed by atoms with E-state index >= 15 is 0 Å². The van der Waals surface area contributed by atoms with Crippen molar-refractivity contribution in [1.82, 2.24) is 19.9 Å². The van der Waals surface area contributed by atoms with E-state index in [1.807, 2.05) is 18.5 Å². The van der Waals surface area contributed by atoms with E-state index in [1.54, 1.807) is 0 Å². The summed E-state index contributed by atoms with van der Waals surface area (Å²) in [5, 5.41) is 8.44. The quantitative estimate of drug-likeness (QED) is 0.886. The molecule has 0 spiro atoms. The van der Waals surface area contributed by atoms with E-state index in [1.165, 1.54) is 5.69 Å². The molecule has 0 saturated heterocycles. The molecule has 0 amide bonds. The third kappa shape index (κ3) is 3.01. The molecule has 2 aromatic heterocycles. The van der Waals surface area contributed by atoms with Crippen LogP contribution in [0.25, 0.3) is 0 Å². The molecule has 6 nitrogen and oxygen atoms in total. The van der Waals surface area contributed by atoms with E-state index in [-0.39, 0.29) is 0 Å². The van der Waals surface area contributed by atoms with Crippen LogP contribution in [0.4, 0.5) is 0 Å². The van der Waals surface area contributed by atoms with Crippen LogP contribution in [0.3, 0.4) is 0 Å². The van der Waals surface area contributed by atoms with Crippen molar-refractivity contribution in [2.75, 3.05) is 0 Å². The van der Waals surface area contributed by atoms with Gasteiger partial charge in [0.1, 0.15) is 6.54 Å². The van der Waals surface area contributed by atoms with E-state index in [9.17, 15) is 0 Å². The zero-order valence-electron chi connectivity index (χ0n) is 12.0. The summed E-state index contributed by atoms with van der Waals surface area (Å²) in [6, 6.07) is 2.12. The van der Waals surface area contributed by atoms with Crippen LogP contribution in [-0.2, 0) is 24.9 Å². The first-order chi connectivity index (χ1) is 8.94. The van der Waals surface area contributed by atoms with Gasteiger partial charge < -0.3 is 10.3 Å². The number of aryl methyl sites for hydroxylation is 2. The molecule has 0 aromatic carbocycles. The molecule has 0 fully saturated rings. The number of rotatable bonds is 5. The Labute approximate surface area is 113 Å². The first-order valence-electron chi connectivity index (χ1n) is 6.61. The highest BCUT2D eigenvalue weighted by Crippen LogP contribution is 2.14. The second kappa shape index (κ2) is 5.13. The zero-order chi connectivity index (χ0) is 14.0. The smallest absolute Gasteiger partial charge is 0.248 e. The number of nitrogens with two attached hydrogens (primary N) is 1. The fourth-order valence-corrected chi connectivity index (χ4v) is 1.82. The second-order valence-electron chi connectivity index (χ2n) is 5.23. The first-order valence-corrected chi connectivity index (χ1v) is 6.61. The Bertz CT molecular complexity index is 550. The van der Waals surface area contributed by atoms with Crippen LogP contribution in [-0.4, -0.2) is 19.9 Å². The number of aromatic nitrogens is 4. The highest BCUT2D eigenvalue weighted by Gasteiger charge is 2.21. The summed E-state index contributed by atoms with van der Waals surface area (Å²) >= 11 is 0. The lowest BCUT2D eigenvalue weighted by Gasteiger charge is -2.11. The predicted octanol–water partition coefficient (Wildman–Crippen LogP) is 1.63. The molecule has 0 aliphatic heterocycles. The molecule has 0 unspecified atom stereocenters. The van der Waals surface area contributed by atoms with E-state index in [0.29, 0.717) is 18.3 Å². The van der Waals surface area contributed by atoms with Gasteiger partial charge in [-0.2, -0.15) is 10.1 Å². The van der Waals surface area contributed by atoms with Gasteiger partial charge in [-0.15, -0.1) is 0 Å². The highest BCUT2D eigenvalue weighted by atomic mass is 16.5. The molecule has 0 atom stereocenters. The van der Waals surface area contributed by atoms with Gasteiger partial charge in [0.25, 0.3) is 0 Å². The van der Waals surface area contributed by atoms with E-state index in [2.05, 4.69) is 35.2 Å². The first kappa shape index (κ1) is 13.7. The molecule has 2 N–H and O–H groups in total. The monoisotopic (exact) mass is 263 g/mol. The lowest BCUT2D eigenvalue weighted by Crippen LogP contribution is -2.30. The van der Waals surface area contributed by atoms with E-state index < -0.39 is 5.54 Å². The Morgan fingerprint density at radius 3 is 2.58 bits per heavy atom. The van der Waals surface area contributed by atoms with Crippen molar-refractivity contribution < 1.29 is 4.52 Å². The highest BCUT2D eigenvalue weighted by molar-refractivity contribution is 5.11. The van der Waals surface area contributed by atoms with Gasteiger partial charge in [0.05, 0.1) is 11.2 Å². The molecular formula is C13H21N5O. The van der Waals surface area contributed by atoms with Crippen LogP contribution in [0, 0.1) is 0 Å². The lowest BCUT2D eigenvalue weighted by molar-refractivity contribution is 0.349. The number of nitrogens with zero attached hydrogens (tertiary/aromatic N) is 4. The number of hydrogen-bond donors (Lipinski definition) is 1. The summed E-state index contributed by atoms with van der Waals surface area (Å²) < 4.78 is 7.15. The van der Waals surface area contributed by atoms with Crippen molar-refractivity contribution >= 4 is 0 Å². The molecular weight excluding hydrogens is 242 g/mol. The molecule has 19 heavy (non-hydrogen) atoms. The summed E-state index contributed by atoms with van der Waals surface area (Å²) in [6.07, 6.45) is 1.85. The van der Waals surface area contributed by atoms with Gasteiger partial charge in [-0.25, -0.2) is 0 Å². The van der Waals surface area contributed by atoms with Gasteiger partial charge in [-0.05, 0) is 32.8 Å². The molecule has 0 aliphatic carbocycles. The van der Waals surface area contributed by atoms with Crippen molar-refractivity contribution in [3.05, 3.63) is 29.2 Å². The maximum atomic E-state index is 5.94. The SMILES string of the molecule is CCc1cc(CC)n(Cc2nc(C(C)(C)N)no2)n1. The summed E-state index contributed by atoms with van der Waals surface area (Å²) in [7, 11) is 0.